The van der Waals surface area contributed by atoms with Crippen molar-refractivity contribution >= 4 is 39.8 Å². The molecule has 2 amide bonds. The number of aromatic nitrogens is 2. The number of fused-ring (bicyclic) bond motifs is 2. The Hall–Kier alpha value is -5.38. The van der Waals surface area contributed by atoms with Crippen LogP contribution in [-0.2, 0) is 4.79 Å². The molecule has 0 fully saturated rings. The predicted octanol–water partition coefficient (Wildman–Crippen LogP) is 2.65. The molecule has 3 aromatic carbocycles. The average molecular weight is 493 g/mol. The number of carbonyl (C=O) groups is 2. The fourth-order valence-corrected chi connectivity index (χ4v) is 3.83. The van der Waals surface area contributed by atoms with Crippen LogP contribution in [-0.4, -0.2) is 28.2 Å². The topological polar surface area (TPSA) is 147 Å². The van der Waals surface area contributed by atoms with E-state index in [1.54, 1.807) is 78.9 Å². The van der Waals surface area contributed by atoms with Gasteiger partial charge in [0.05, 0.1) is 22.6 Å². The molecule has 0 aliphatic heterocycles. The summed E-state index contributed by atoms with van der Waals surface area (Å²) in [4.78, 5) is 51.1. The van der Waals surface area contributed by atoms with E-state index in [0.717, 1.165) is 6.21 Å². The molecule has 2 aromatic heterocycles. The standard InChI is InChI=1S/C27H19N5O5/c33-24-17(15-37-21-13-7-6-12-20(21)24)14-28-31-27(36)23(29-25(34)16-8-2-1-3-9-16)22-18-10-4-5-11-19(18)26(35)32-30-22/h1-15,23H,(H,29,34)(H,31,36)(H,32,35)/b28-14-/t23-/m1/s1. The Bertz CT molecular complexity index is 1780. The van der Waals surface area contributed by atoms with Crippen molar-refractivity contribution in [2.75, 3.05) is 0 Å². The van der Waals surface area contributed by atoms with Gasteiger partial charge in [-0.3, -0.25) is 19.2 Å². The molecule has 10 nitrogen and oxygen atoms in total. The highest BCUT2D eigenvalue weighted by atomic mass is 16.3. The highest BCUT2D eigenvalue weighted by molar-refractivity contribution is 5.99. The van der Waals surface area contributed by atoms with Crippen LogP contribution in [0.3, 0.4) is 0 Å². The number of hydrogen-bond acceptors (Lipinski definition) is 7. The minimum absolute atomic E-state index is 0.122. The average Bonchev–Trinajstić information content (AvgIpc) is 2.94. The molecule has 0 saturated carbocycles. The first-order valence-corrected chi connectivity index (χ1v) is 11.2. The molecular weight excluding hydrogens is 474 g/mol. The second-order valence-electron chi connectivity index (χ2n) is 8.01. The summed E-state index contributed by atoms with van der Waals surface area (Å²) in [6, 6.07) is 20.4. The highest BCUT2D eigenvalue weighted by Crippen LogP contribution is 2.20. The molecule has 5 aromatic rings. The summed E-state index contributed by atoms with van der Waals surface area (Å²) in [6.45, 7) is 0. The molecule has 37 heavy (non-hydrogen) atoms. The number of nitrogens with zero attached hydrogens (tertiary/aromatic N) is 2. The maximum absolute atomic E-state index is 13.3. The van der Waals surface area contributed by atoms with Crippen LogP contribution in [0.15, 0.2) is 104 Å². The maximum atomic E-state index is 13.3. The number of amides is 2. The summed E-state index contributed by atoms with van der Waals surface area (Å²) >= 11 is 0. The predicted molar refractivity (Wildman–Crippen MR) is 137 cm³/mol. The monoisotopic (exact) mass is 493 g/mol. The molecule has 2 heterocycles. The first kappa shape index (κ1) is 23.4. The zero-order valence-corrected chi connectivity index (χ0v) is 19.2. The van der Waals surface area contributed by atoms with E-state index >= 15 is 0 Å². The molecule has 3 N–H and O–H groups in total. The van der Waals surface area contributed by atoms with E-state index in [4.69, 9.17) is 4.42 Å². The van der Waals surface area contributed by atoms with Crippen LogP contribution in [0.4, 0.5) is 0 Å². The van der Waals surface area contributed by atoms with E-state index in [1.807, 2.05) is 0 Å². The van der Waals surface area contributed by atoms with Crippen molar-refractivity contribution < 1.29 is 14.0 Å². The van der Waals surface area contributed by atoms with E-state index in [1.165, 1.54) is 6.26 Å². The van der Waals surface area contributed by atoms with E-state index in [-0.39, 0.29) is 16.7 Å². The van der Waals surface area contributed by atoms with Gasteiger partial charge in [0.2, 0.25) is 5.43 Å². The van der Waals surface area contributed by atoms with Crippen molar-refractivity contribution in [1.29, 1.82) is 0 Å². The number of aromatic amines is 1. The Labute approximate surface area is 208 Å². The van der Waals surface area contributed by atoms with Gasteiger partial charge in [-0.1, -0.05) is 48.5 Å². The van der Waals surface area contributed by atoms with Gasteiger partial charge in [-0.15, -0.1) is 0 Å². The molecule has 0 aliphatic rings. The summed E-state index contributed by atoms with van der Waals surface area (Å²) in [7, 11) is 0. The molecule has 0 aliphatic carbocycles. The van der Waals surface area contributed by atoms with E-state index in [9.17, 15) is 19.2 Å². The zero-order valence-electron chi connectivity index (χ0n) is 19.2. The summed E-state index contributed by atoms with van der Waals surface area (Å²) in [5.41, 5.74) is 2.58. The summed E-state index contributed by atoms with van der Waals surface area (Å²) < 4.78 is 5.45. The molecule has 0 bridgehead atoms. The molecule has 0 radical (unpaired) electrons. The first-order valence-electron chi connectivity index (χ1n) is 11.2. The molecular formula is C27H19N5O5. The third-order valence-electron chi connectivity index (χ3n) is 5.66. The number of hydrazone groups is 1. The fourth-order valence-electron chi connectivity index (χ4n) is 3.83. The third kappa shape index (κ3) is 4.76. The molecule has 10 heteroatoms. The maximum Gasteiger partial charge on any atom is 0.272 e. The number of benzene rings is 3. The molecule has 182 valence electrons. The van der Waals surface area contributed by atoms with Crippen molar-refractivity contribution in [3.8, 4) is 0 Å². The quantitative estimate of drug-likeness (QED) is 0.245. The number of H-pyrrole nitrogens is 1. The van der Waals surface area contributed by atoms with Crippen LogP contribution in [0.25, 0.3) is 21.7 Å². The third-order valence-corrected chi connectivity index (χ3v) is 5.66. The highest BCUT2D eigenvalue weighted by Gasteiger charge is 2.27. The van der Waals surface area contributed by atoms with E-state index in [2.05, 4.69) is 26.0 Å². The minimum atomic E-state index is -1.32. The van der Waals surface area contributed by atoms with Gasteiger partial charge in [0, 0.05) is 10.9 Å². The van der Waals surface area contributed by atoms with Gasteiger partial charge in [0.25, 0.3) is 17.4 Å². The van der Waals surface area contributed by atoms with E-state index in [0.29, 0.717) is 27.3 Å². The molecule has 5 rings (SSSR count). The number of nitrogens with one attached hydrogen (secondary N) is 3. The van der Waals surface area contributed by atoms with Crippen molar-refractivity contribution in [3.63, 3.8) is 0 Å². The Morgan fingerprint density at radius 1 is 0.892 bits per heavy atom. The Balaban J connectivity index is 1.47. The van der Waals surface area contributed by atoms with E-state index < -0.39 is 23.4 Å². The van der Waals surface area contributed by atoms with Crippen LogP contribution in [0.1, 0.15) is 27.7 Å². The Kier molecular flexibility index (Phi) is 6.37. The molecule has 0 spiro atoms. The van der Waals surface area contributed by atoms with Gasteiger partial charge in [0.15, 0.2) is 6.04 Å². The van der Waals surface area contributed by atoms with Crippen molar-refractivity contribution in [2.45, 2.75) is 6.04 Å². The summed E-state index contributed by atoms with van der Waals surface area (Å²) in [5.74, 6) is -1.27. The van der Waals surface area contributed by atoms with Crippen LogP contribution in [0, 0.1) is 0 Å². The zero-order chi connectivity index (χ0) is 25.8. The molecule has 0 unspecified atom stereocenters. The normalized spacial score (nSPS) is 12.0. The van der Waals surface area contributed by atoms with Gasteiger partial charge < -0.3 is 9.73 Å². The number of para-hydroxylation sites is 1. The Morgan fingerprint density at radius 2 is 1.57 bits per heavy atom. The van der Waals surface area contributed by atoms with Gasteiger partial charge in [0.1, 0.15) is 17.5 Å². The Morgan fingerprint density at radius 3 is 2.35 bits per heavy atom. The van der Waals surface area contributed by atoms with Gasteiger partial charge in [-0.05, 0) is 30.3 Å². The van der Waals surface area contributed by atoms with Crippen molar-refractivity contribution in [3.05, 3.63) is 123 Å². The second-order valence-corrected chi connectivity index (χ2v) is 8.01. The fraction of sp³-hybridized carbons (Fsp3) is 0.0370. The number of carbonyl (C=O) groups excluding carboxylic acids is 2. The summed E-state index contributed by atoms with van der Waals surface area (Å²) in [5, 5.41) is 14.0. The van der Waals surface area contributed by atoms with Crippen LogP contribution in [0.5, 0.6) is 0 Å². The number of hydrogen-bond donors (Lipinski definition) is 3. The SMILES string of the molecule is O=C(N[C@@H](C(=O)N/N=C\c1coc2ccccc2c1=O)c1n[nH]c(=O)c2ccccc12)c1ccccc1. The lowest BCUT2D eigenvalue weighted by atomic mass is 10.0. The minimum Gasteiger partial charge on any atom is -0.463 e. The van der Waals surface area contributed by atoms with Crippen molar-refractivity contribution in [2.24, 2.45) is 5.10 Å². The smallest absolute Gasteiger partial charge is 0.272 e. The lowest BCUT2D eigenvalue weighted by molar-refractivity contribution is -0.123. The molecule has 1 atom stereocenters. The lowest BCUT2D eigenvalue weighted by Gasteiger charge is -2.18. The summed E-state index contributed by atoms with van der Waals surface area (Å²) in [6.07, 6.45) is 2.40. The largest absolute Gasteiger partial charge is 0.463 e. The van der Waals surface area contributed by atoms with Crippen molar-refractivity contribution in [1.82, 2.24) is 20.9 Å². The van der Waals surface area contributed by atoms with Gasteiger partial charge >= 0.3 is 0 Å². The number of rotatable bonds is 6. The lowest BCUT2D eigenvalue weighted by Crippen LogP contribution is -2.40. The van der Waals surface area contributed by atoms with Crippen LogP contribution < -0.4 is 21.7 Å². The van der Waals surface area contributed by atoms with Crippen LogP contribution in [0.2, 0.25) is 0 Å². The second kappa shape index (κ2) is 10.1. The van der Waals surface area contributed by atoms with Crippen LogP contribution >= 0.6 is 0 Å². The van der Waals surface area contributed by atoms with Gasteiger partial charge in [-0.25, -0.2) is 10.5 Å². The molecule has 0 saturated heterocycles. The first-order chi connectivity index (χ1) is 18.0. The van der Waals surface area contributed by atoms with Gasteiger partial charge in [-0.2, -0.15) is 10.2 Å².